The molecule has 4 amide bonds. The van der Waals surface area contributed by atoms with E-state index >= 15 is 4.39 Å². The Hall–Kier alpha value is -5.11. The number of benzene rings is 2. The van der Waals surface area contributed by atoms with Gasteiger partial charge in [-0.05, 0) is 54.6 Å². The van der Waals surface area contributed by atoms with Gasteiger partial charge in [0.15, 0.2) is 5.78 Å². The predicted molar refractivity (Wildman–Crippen MR) is 255 cm³/mol. The second-order valence-corrected chi connectivity index (χ2v) is 18.5. The van der Waals surface area contributed by atoms with Gasteiger partial charge in [0.05, 0.1) is 70.5 Å². The molecule has 2 heterocycles. The van der Waals surface area contributed by atoms with Crippen LogP contribution in [0.25, 0.3) is 11.1 Å². The molecule has 15 nitrogen and oxygen atoms in total. The zero-order chi connectivity index (χ0) is 49.5. The molecule has 3 N–H and O–H groups in total. The number of ketones is 2. The maximum absolute atomic E-state index is 15.3. The second kappa shape index (κ2) is 29.0. The molecule has 0 fully saturated rings. The summed E-state index contributed by atoms with van der Waals surface area (Å²) in [6, 6.07) is 14.3. The first-order valence-corrected chi connectivity index (χ1v) is 24.1. The number of halogens is 2. The molecule has 0 radical (unpaired) electrons. The van der Waals surface area contributed by atoms with Gasteiger partial charge in [-0.1, -0.05) is 51.1 Å². The first kappa shape index (κ1) is 55.5. The largest absolute Gasteiger partial charge is 0.382 e. The Morgan fingerprint density at radius 1 is 0.838 bits per heavy atom. The lowest BCUT2D eigenvalue weighted by Crippen LogP contribution is -2.44. The maximum Gasteiger partial charge on any atom is 0.254 e. The quantitative estimate of drug-likeness (QED) is 0.0575. The van der Waals surface area contributed by atoms with E-state index in [9.17, 15) is 33.2 Å². The first-order chi connectivity index (χ1) is 32.6. The van der Waals surface area contributed by atoms with Crippen molar-refractivity contribution in [2.45, 2.75) is 65.5 Å². The van der Waals surface area contributed by atoms with Crippen LogP contribution in [0.1, 0.15) is 70.2 Å². The van der Waals surface area contributed by atoms with Crippen molar-refractivity contribution in [3.8, 4) is 11.1 Å². The van der Waals surface area contributed by atoms with Crippen molar-refractivity contribution in [2.75, 3.05) is 91.0 Å². The van der Waals surface area contributed by atoms with E-state index in [1.807, 2.05) is 61.7 Å². The third-order valence-corrected chi connectivity index (χ3v) is 12.0. The topological polar surface area (TPSA) is 189 Å². The molecule has 1 aliphatic heterocycles. The summed E-state index contributed by atoms with van der Waals surface area (Å²) < 4.78 is 53.1. The SMILES string of the molecule is COCCOCCOCCOCCC(=O)C[C@@H](CSCC(=O)N(CCCN)[C@@H](c1cc(-c2cc(F)ccc2F)cn1Cc1ccccc1)C(C)(C)C)C(=O)NCCCC(=O)CN1C(=O)C=CC1=O. The number of rotatable bonds is 33. The van der Waals surface area contributed by atoms with E-state index in [1.54, 1.807) is 18.2 Å². The Labute approximate surface area is 402 Å². The van der Waals surface area contributed by atoms with Crippen LogP contribution in [-0.2, 0) is 54.3 Å². The smallest absolute Gasteiger partial charge is 0.254 e. The minimum absolute atomic E-state index is 0.00701. The van der Waals surface area contributed by atoms with Crippen molar-refractivity contribution in [3.63, 3.8) is 0 Å². The molecule has 372 valence electrons. The zero-order valence-electron chi connectivity index (χ0n) is 39.7. The van der Waals surface area contributed by atoms with Crippen LogP contribution in [0.15, 0.2) is 72.9 Å². The Morgan fingerprint density at radius 3 is 2.15 bits per heavy atom. The van der Waals surface area contributed by atoms with Gasteiger partial charge in [-0.15, -0.1) is 0 Å². The summed E-state index contributed by atoms with van der Waals surface area (Å²) in [5, 5.41) is 2.82. The van der Waals surface area contributed by atoms with E-state index in [4.69, 9.17) is 24.7 Å². The van der Waals surface area contributed by atoms with Crippen LogP contribution < -0.4 is 11.1 Å². The molecule has 0 aliphatic carbocycles. The highest BCUT2D eigenvalue weighted by molar-refractivity contribution is 7.99. The minimum atomic E-state index is -0.828. The van der Waals surface area contributed by atoms with Gasteiger partial charge in [-0.25, -0.2) is 8.78 Å². The predicted octanol–water partition coefficient (Wildman–Crippen LogP) is 5.53. The van der Waals surface area contributed by atoms with Gasteiger partial charge in [0, 0.05) is 86.9 Å². The van der Waals surface area contributed by atoms with Gasteiger partial charge in [0.1, 0.15) is 17.4 Å². The number of aromatic nitrogens is 1. The van der Waals surface area contributed by atoms with Crippen molar-refractivity contribution in [1.29, 1.82) is 0 Å². The molecule has 2 aromatic carbocycles. The van der Waals surface area contributed by atoms with Crippen molar-refractivity contribution in [2.24, 2.45) is 17.1 Å². The molecule has 3 aromatic rings. The van der Waals surface area contributed by atoms with Gasteiger partial charge in [0.2, 0.25) is 11.8 Å². The number of nitrogens with one attached hydrogen (secondary N) is 1. The molecule has 1 aromatic heterocycles. The monoisotopic (exact) mass is 967 g/mol. The van der Waals surface area contributed by atoms with Crippen LogP contribution in [-0.4, -0.2) is 141 Å². The molecule has 0 spiro atoms. The van der Waals surface area contributed by atoms with Crippen LogP contribution in [0, 0.1) is 23.0 Å². The fourth-order valence-electron chi connectivity index (χ4n) is 7.60. The average Bonchev–Trinajstić information content (AvgIpc) is 3.85. The Bertz CT molecular complexity index is 2130. The summed E-state index contributed by atoms with van der Waals surface area (Å²) in [6.07, 6.45) is 4.65. The van der Waals surface area contributed by atoms with Gasteiger partial charge in [0.25, 0.3) is 11.8 Å². The highest BCUT2D eigenvalue weighted by Gasteiger charge is 2.37. The molecule has 4 rings (SSSR count). The third-order valence-electron chi connectivity index (χ3n) is 11.0. The summed E-state index contributed by atoms with van der Waals surface area (Å²) >= 11 is 1.22. The number of ether oxygens (including phenoxy) is 4. The number of amides is 4. The van der Waals surface area contributed by atoms with Crippen molar-refractivity contribution in [3.05, 3.63) is 95.8 Å². The van der Waals surface area contributed by atoms with E-state index in [0.717, 1.165) is 40.8 Å². The Morgan fingerprint density at radius 2 is 1.50 bits per heavy atom. The number of carbonyl (C=O) groups excluding carboxylic acids is 6. The molecule has 0 saturated heterocycles. The molecule has 0 unspecified atom stereocenters. The number of thioether (sulfide) groups is 1. The van der Waals surface area contributed by atoms with Crippen LogP contribution in [0.5, 0.6) is 0 Å². The fourth-order valence-corrected chi connectivity index (χ4v) is 8.61. The van der Waals surface area contributed by atoms with Gasteiger partial charge in [-0.3, -0.25) is 33.7 Å². The molecule has 2 atom stereocenters. The van der Waals surface area contributed by atoms with Crippen molar-refractivity contribution in [1.82, 2.24) is 19.7 Å². The van der Waals surface area contributed by atoms with E-state index < -0.39 is 46.7 Å². The third kappa shape index (κ3) is 18.4. The summed E-state index contributed by atoms with van der Waals surface area (Å²) in [4.78, 5) is 80.4. The molecular weight excluding hydrogens is 901 g/mol. The van der Waals surface area contributed by atoms with Crippen molar-refractivity contribution >= 4 is 47.0 Å². The van der Waals surface area contributed by atoms with Crippen molar-refractivity contribution < 1.29 is 56.5 Å². The number of nitrogens with two attached hydrogens (primary N) is 1. The number of hydrogen-bond donors (Lipinski definition) is 2. The van der Waals surface area contributed by atoms with Crippen LogP contribution in [0.2, 0.25) is 0 Å². The lowest BCUT2D eigenvalue weighted by molar-refractivity contribution is -0.140. The summed E-state index contributed by atoms with van der Waals surface area (Å²) in [5.74, 6) is -4.25. The molecule has 18 heteroatoms. The number of methoxy groups -OCH3 is 1. The summed E-state index contributed by atoms with van der Waals surface area (Å²) in [5.41, 5.74) is 7.68. The van der Waals surface area contributed by atoms with E-state index in [-0.39, 0.29) is 86.5 Å². The Balaban J connectivity index is 1.47. The fraction of sp³-hybridized carbons (Fsp3) is 0.520. The highest BCUT2D eigenvalue weighted by Crippen LogP contribution is 2.41. The van der Waals surface area contributed by atoms with E-state index in [1.165, 1.54) is 11.8 Å². The van der Waals surface area contributed by atoms with E-state index in [0.29, 0.717) is 70.3 Å². The number of Topliss-reactive ketones (excluding diaryl/α,β-unsaturated/α-hetero) is 2. The molecule has 0 bridgehead atoms. The lowest BCUT2D eigenvalue weighted by Gasteiger charge is -2.41. The number of hydrogen-bond acceptors (Lipinski definition) is 12. The number of nitrogens with zero attached hydrogens (tertiary/aromatic N) is 3. The van der Waals surface area contributed by atoms with Gasteiger partial charge < -0.3 is 39.5 Å². The number of imide groups is 1. The standard InChI is InChI=1S/C50H67F2N5O10S/c1-50(2,3)48(44-29-37(42-30-39(51)13-14-43(42)52)32-55(44)31-36-10-6-5-7-11-36)56(20-9-18-53)47(62)35-68-34-38(28-40(58)17-21-65-24-25-67-27-26-66-23-22-64-4)49(63)54-19-8-12-41(59)33-57-45(60)15-16-46(57)61/h5-7,10-11,13-16,29-30,32,38,48H,8-9,12,17-28,31,33-35,53H2,1-4H3,(H,54,63)/t38-,48-/m0/s1. The van der Waals surface area contributed by atoms with Gasteiger partial charge >= 0.3 is 0 Å². The molecular formula is C50H67F2N5O10S. The van der Waals surface area contributed by atoms with Crippen LogP contribution in [0.4, 0.5) is 8.78 Å². The van der Waals surface area contributed by atoms with E-state index in [2.05, 4.69) is 5.32 Å². The van der Waals surface area contributed by atoms with Gasteiger partial charge in [-0.2, -0.15) is 11.8 Å². The van der Waals surface area contributed by atoms with Crippen LogP contribution in [0.3, 0.4) is 0 Å². The normalized spacial score (nSPS) is 13.5. The zero-order valence-corrected chi connectivity index (χ0v) is 40.5. The first-order valence-electron chi connectivity index (χ1n) is 23.0. The Kier molecular flexibility index (Phi) is 23.7. The second-order valence-electron chi connectivity index (χ2n) is 17.5. The molecule has 0 saturated carbocycles. The molecule has 1 aliphatic rings. The number of carbonyl (C=O) groups is 6. The average molecular weight is 968 g/mol. The highest BCUT2D eigenvalue weighted by atomic mass is 32.2. The summed E-state index contributed by atoms with van der Waals surface area (Å²) in [7, 11) is 1.59. The maximum atomic E-state index is 15.3. The lowest BCUT2D eigenvalue weighted by atomic mass is 9.83. The summed E-state index contributed by atoms with van der Waals surface area (Å²) in [6.45, 7) is 9.22. The van der Waals surface area contributed by atoms with Crippen LogP contribution >= 0.6 is 11.8 Å². The molecule has 68 heavy (non-hydrogen) atoms. The minimum Gasteiger partial charge on any atom is -0.382 e.